The zero-order valence-corrected chi connectivity index (χ0v) is 12.9. The van der Waals surface area contributed by atoms with E-state index in [2.05, 4.69) is 37.7 Å². The van der Waals surface area contributed by atoms with E-state index in [0.717, 1.165) is 25.9 Å². The number of nitrogens with zero attached hydrogens (tertiary/aromatic N) is 3. The van der Waals surface area contributed by atoms with Gasteiger partial charge in [-0.25, -0.2) is 14.4 Å². The van der Waals surface area contributed by atoms with Crippen LogP contribution in [0.1, 0.15) is 25.5 Å². The molecule has 0 spiro atoms. The third-order valence-electron chi connectivity index (χ3n) is 3.85. The molecule has 0 unspecified atom stereocenters. The summed E-state index contributed by atoms with van der Waals surface area (Å²) in [5.74, 6) is 0.0390. The van der Waals surface area contributed by atoms with Crippen LogP contribution in [-0.2, 0) is 6.42 Å². The van der Waals surface area contributed by atoms with E-state index in [-0.39, 0.29) is 11.9 Å². The largest absolute Gasteiger partial charge is 0.365 e. The lowest BCUT2D eigenvalue weighted by Crippen LogP contribution is -2.39. The van der Waals surface area contributed by atoms with Gasteiger partial charge in [0.25, 0.3) is 0 Å². The minimum atomic E-state index is -0.305. The van der Waals surface area contributed by atoms with Crippen molar-refractivity contribution in [1.82, 2.24) is 9.97 Å². The van der Waals surface area contributed by atoms with Gasteiger partial charge in [0.2, 0.25) is 0 Å². The third kappa shape index (κ3) is 3.15. The highest BCUT2D eigenvalue weighted by atomic mass is 32.1. The number of halogens is 1. The van der Waals surface area contributed by atoms with Crippen molar-refractivity contribution in [2.75, 3.05) is 23.3 Å². The summed E-state index contributed by atoms with van der Waals surface area (Å²) in [7, 11) is 0. The standard InChI is InChI=1S/C15H19FN4S/c1-2-12-14(16)15(18-10-17-12)19-11-5-7-20(8-6-11)13-4-3-9-21-13/h3-4,9-11H,2,5-8H2,1H3,(H,17,18,19). The van der Waals surface area contributed by atoms with Crippen molar-refractivity contribution in [3.63, 3.8) is 0 Å². The predicted octanol–water partition coefficient (Wildman–Crippen LogP) is 3.32. The Hall–Kier alpha value is -1.69. The summed E-state index contributed by atoms with van der Waals surface area (Å²) in [5.41, 5.74) is 0.475. The van der Waals surface area contributed by atoms with E-state index in [1.54, 1.807) is 11.3 Å². The smallest absolute Gasteiger partial charge is 0.186 e. The molecule has 0 radical (unpaired) electrons. The first-order valence-corrected chi connectivity index (χ1v) is 8.20. The number of hydrogen-bond acceptors (Lipinski definition) is 5. The van der Waals surface area contributed by atoms with E-state index in [1.807, 2.05) is 6.92 Å². The highest BCUT2D eigenvalue weighted by Gasteiger charge is 2.21. The fourth-order valence-corrected chi connectivity index (χ4v) is 3.43. The fraction of sp³-hybridized carbons (Fsp3) is 0.467. The van der Waals surface area contributed by atoms with Crippen LogP contribution in [0.4, 0.5) is 15.2 Å². The molecular formula is C15H19FN4S. The van der Waals surface area contributed by atoms with Crippen molar-refractivity contribution in [2.45, 2.75) is 32.2 Å². The van der Waals surface area contributed by atoms with Crippen LogP contribution in [0.5, 0.6) is 0 Å². The van der Waals surface area contributed by atoms with Crippen LogP contribution in [0.3, 0.4) is 0 Å². The molecule has 0 amide bonds. The van der Waals surface area contributed by atoms with Crippen LogP contribution in [0.25, 0.3) is 0 Å². The number of rotatable bonds is 4. The molecule has 3 heterocycles. The molecule has 1 aliphatic rings. The molecule has 4 nitrogen and oxygen atoms in total. The SMILES string of the molecule is CCc1ncnc(NC2CCN(c3cccs3)CC2)c1F. The van der Waals surface area contributed by atoms with E-state index in [4.69, 9.17) is 0 Å². The summed E-state index contributed by atoms with van der Waals surface area (Å²) < 4.78 is 14.1. The quantitative estimate of drug-likeness (QED) is 0.941. The maximum Gasteiger partial charge on any atom is 0.186 e. The first-order chi connectivity index (χ1) is 10.3. The lowest BCUT2D eigenvalue weighted by molar-refractivity contribution is 0.519. The van der Waals surface area contributed by atoms with Crippen molar-refractivity contribution in [2.24, 2.45) is 0 Å². The minimum absolute atomic E-state index is 0.273. The molecule has 112 valence electrons. The summed E-state index contributed by atoms with van der Waals surface area (Å²) in [6.07, 6.45) is 4.00. The topological polar surface area (TPSA) is 41.1 Å². The van der Waals surface area contributed by atoms with Crippen molar-refractivity contribution in [3.8, 4) is 0 Å². The Morgan fingerprint density at radius 1 is 1.38 bits per heavy atom. The average Bonchev–Trinajstić information content (AvgIpc) is 3.04. The molecule has 0 saturated carbocycles. The minimum Gasteiger partial charge on any atom is -0.365 e. The molecule has 6 heteroatoms. The number of thiophene rings is 1. The summed E-state index contributed by atoms with van der Waals surface area (Å²) in [6.45, 7) is 3.88. The number of hydrogen-bond donors (Lipinski definition) is 1. The Morgan fingerprint density at radius 2 is 2.19 bits per heavy atom. The van der Waals surface area contributed by atoms with E-state index >= 15 is 0 Å². The van der Waals surface area contributed by atoms with Gasteiger partial charge in [-0.2, -0.15) is 0 Å². The molecule has 1 aliphatic heterocycles. The van der Waals surface area contributed by atoms with Crippen LogP contribution in [-0.4, -0.2) is 29.1 Å². The van der Waals surface area contributed by atoms with Gasteiger partial charge in [0.1, 0.15) is 6.33 Å². The molecule has 0 aromatic carbocycles. The molecule has 1 fully saturated rings. The second kappa shape index (κ2) is 6.39. The van der Waals surface area contributed by atoms with Crippen LogP contribution >= 0.6 is 11.3 Å². The molecule has 0 atom stereocenters. The van der Waals surface area contributed by atoms with E-state index < -0.39 is 0 Å². The van der Waals surface area contributed by atoms with E-state index in [1.165, 1.54) is 11.3 Å². The fourth-order valence-electron chi connectivity index (χ4n) is 2.64. The van der Waals surface area contributed by atoms with Crippen molar-refractivity contribution >= 4 is 22.2 Å². The van der Waals surface area contributed by atoms with Crippen molar-refractivity contribution in [3.05, 3.63) is 35.4 Å². The van der Waals surface area contributed by atoms with E-state index in [0.29, 0.717) is 17.9 Å². The van der Waals surface area contributed by atoms with Gasteiger partial charge in [-0.15, -0.1) is 11.3 Å². The third-order valence-corrected chi connectivity index (χ3v) is 4.78. The Bertz CT molecular complexity index is 579. The molecule has 21 heavy (non-hydrogen) atoms. The summed E-state index contributed by atoms with van der Waals surface area (Å²) in [6, 6.07) is 4.50. The molecular weight excluding hydrogens is 287 g/mol. The molecule has 0 aliphatic carbocycles. The van der Waals surface area contributed by atoms with Crippen LogP contribution in [0.15, 0.2) is 23.8 Å². The van der Waals surface area contributed by atoms with Crippen LogP contribution in [0.2, 0.25) is 0 Å². The number of aromatic nitrogens is 2. The van der Waals surface area contributed by atoms with Gasteiger partial charge in [0.05, 0.1) is 10.7 Å². The Balaban J connectivity index is 1.61. The number of anilines is 2. The molecule has 2 aromatic heterocycles. The average molecular weight is 306 g/mol. The Kier molecular flexibility index (Phi) is 4.34. The lowest BCUT2D eigenvalue weighted by Gasteiger charge is -2.33. The zero-order valence-electron chi connectivity index (χ0n) is 12.1. The summed E-state index contributed by atoms with van der Waals surface area (Å²) in [5, 5.41) is 6.65. The maximum absolute atomic E-state index is 14.1. The second-order valence-corrected chi connectivity index (χ2v) is 6.12. The number of piperidine rings is 1. The van der Waals surface area contributed by atoms with Crippen LogP contribution in [0, 0.1) is 5.82 Å². The molecule has 1 N–H and O–H groups in total. The van der Waals surface area contributed by atoms with Crippen molar-refractivity contribution < 1.29 is 4.39 Å². The summed E-state index contributed by atoms with van der Waals surface area (Å²) >= 11 is 1.77. The maximum atomic E-state index is 14.1. The highest BCUT2D eigenvalue weighted by molar-refractivity contribution is 7.14. The molecule has 3 rings (SSSR count). The zero-order chi connectivity index (χ0) is 14.7. The van der Waals surface area contributed by atoms with E-state index in [9.17, 15) is 4.39 Å². The van der Waals surface area contributed by atoms with Gasteiger partial charge in [-0.05, 0) is 36.8 Å². The Labute approximate surface area is 128 Å². The number of nitrogens with one attached hydrogen (secondary N) is 1. The van der Waals surface area contributed by atoms with Gasteiger partial charge in [0.15, 0.2) is 11.6 Å². The number of aryl methyl sites for hydroxylation is 1. The van der Waals surface area contributed by atoms with Gasteiger partial charge in [0, 0.05) is 19.1 Å². The predicted molar refractivity (Wildman–Crippen MR) is 84.5 cm³/mol. The first kappa shape index (κ1) is 14.3. The first-order valence-electron chi connectivity index (χ1n) is 7.32. The lowest BCUT2D eigenvalue weighted by atomic mass is 10.1. The van der Waals surface area contributed by atoms with Gasteiger partial charge >= 0.3 is 0 Å². The Morgan fingerprint density at radius 3 is 2.86 bits per heavy atom. The monoisotopic (exact) mass is 306 g/mol. The normalized spacial score (nSPS) is 16.2. The van der Waals surface area contributed by atoms with Gasteiger partial charge < -0.3 is 10.2 Å². The second-order valence-electron chi connectivity index (χ2n) is 5.19. The van der Waals surface area contributed by atoms with Crippen LogP contribution < -0.4 is 10.2 Å². The molecule has 1 saturated heterocycles. The highest BCUT2D eigenvalue weighted by Crippen LogP contribution is 2.26. The van der Waals surface area contributed by atoms with Gasteiger partial charge in [-0.3, -0.25) is 0 Å². The molecule has 2 aromatic rings. The molecule has 0 bridgehead atoms. The van der Waals surface area contributed by atoms with Crippen molar-refractivity contribution in [1.29, 1.82) is 0 Å². The summed E-state index contributed by atoms with van der Waals surface area (Å²) in [4.78, 5) is 10.4. The van der Waals surface area contributed by atoms with Gasteiger partial charge in [-0.1, -0.05) is 6.92 Å².